The molecule has 0 aliphatic rings. The van der Waals surface area contributed by atoms with Gasteiger partial charge in [-0.1, -0.05) is 30.3 Å². The lowest BCUT2D eigenvalue weighted by molar-refractivity contribution is -0.141. The monoisotopic (exact) mass is 380 g/mol. The molecule has 4 nitrogen and oxygen atoms in total. The largest absolute Gasteiger partial charge is 0.496 e. The highest BCUT2D eigenvalue weighted by Crippen LogP contribution is 2.25. The van der Waals surface area contributed by atoms with E-state index in [1.165, 1.54) is 24.1 Å². The number of ketones is 1. The van der Waals surface area contributed by atoms with Gasteiger partial charge < -0.3 is 9.47 Å². The van der Waals surface area contributed by atoms with Gasteiger partial charge in [0, 0.05) is 16.0 Å². The van der Waals surface area contributed by atoms with E-state index in [0.717, 1.165) is 10.3 Å². The highest BCUT2D eigenvalue weighted by molar-refractivity contribution is 8.00. The Morgan fingerprint density at radius 1 is 0.963 bits per heavy atom. The standard InChI is InChI=1S/C22H20O4S/c1-15(23)17-8-10-21(25-2)19(11-17)13-26-22(24)14-27-20-9-7-16-5-3-4-6-18(16)12-20/h3-12H,13-14H2,1-2H3. The highest BCUT2D eigenvalue weighted by Gasteiger charge is 2.11. The molecule has 0 unspecified atom stereocenters. The maximum absolute atomic E-state index is 12.1. The quantitative estimate of drug-likeness (QED) is 0.332. The predicted molar refractivity (Wildman–Crippen MR) is 107 cm³/mol. The number of hydrogen-bond acceptors (Lipinski definition) is 5. The van der Waals surface area contributed by atoms with Crippen molar-refractivity contribution in [3.63, 3.8) is 0 Å². The zero-order valence-corrected chi connectivity index (χ0v) is 16.0. The van der Waals surface area contributed by atoms with Gasteiger partial charge in [-0.05, 0) is 48.0 Å². The van der Waals surface area contributed by atoms with Crippen molar-refractivity contribution in [3.05, 3.63) is 71.8 Å². The predicted octanol–water partition coefficient (Wildman–Crippen LogP) is 4.89. The first kappa shape index (κ1) is 19.0. The van der Waals surface area contributed by atoms with Crippen LogP contribution in [0.25, 0.3) is 10.8 Å². The molecule has 0 amide bonds. The van der Waals surface area contributed by atoms with Gasteiger partial charge in [0.25, 0.3) is 0 Å². The number of thioether (sulfide) groups is 1. The van der Waals surface area contributed by atoms with Crippen molar-refractivity contribution in [2.75, 3.05) is 12.9 Å². The molecule has 138 valence electrons. The number of Topliss-reactive ketones (excluding diaryl/α,β-unsaturated/α-hetero) is 1. The Morgan fingerprint density at radius 2 is 1.74 bits per heavy atom. The first-order valence-electron chi connectivity index (χ1n) is 8.52. The molecule has 0 aliphatic carbocycles. The first-order valence-corrected chi connectivity index (χ1v) is 9.50. The van der Waals surface area contributed by atoms with Crippen LogP contribution in [-0.2, 0) is 16.1 Å². The summed E-state index contributed by atoms with van der Waals surface area (Å²) < 4.78 is 10.6. The van der Waals surface area contributed by atoms with E-state index in [9.17, 15) is 9.59 Å². The zero-order valence-electron chi connectivity index (χ0n) is 15.2. The van der Waals surface area contributed by atoms with Gasteiger partial charge >= 0.3 is 5.97 Å². The smallest absolute Gasteiger partial charge is 0.316 e. The third kappa shape index (κ3) is 4.89. The normalized spacial score (nSPS) is 10.6. The van der Waals surface area contributed by atoms with Crippen LogP contribution in [0.1, 0.15) is 22.8 Å². The molecule has 0 saturated heterocycles. The number of methoxy groups -OCH3 is 1. The van der Waals surface area contributed by atoms with Gasteiger partial charge in [0.15, 0.2) is 5.78 Å². The molecule has 0 N–H and O–H groups in total. The van der Waals surface area contributed by atoms with E-state index >= 15 is 0 Å². The Morgan fingerprint density at radius 3 is 2.48 bits per heavy atom. The fourth-order valence-corrected chi connectivity index (χ4v) is 3.45. The molecule has 0 bridgehead atoms. The van der Waals surface area contributed by atoms with E-state index in [-0.39, 0.29) is 24.1 Å². The van der Waals surface area contributed by atoms with E-state index in [2.05, 4.69) is 12.1 Å². The molecule has 0 aromatic heterocycles. The molecule has 0 aliphatic heterocycles. The van der Waals surface area contributed by atoms with Gasteiger partial charge in [0.2, 0.25) is 0 Å². The summed E-state index contributed by atoms with van der Waals surface area (Å²) in [5.74, 6) is 0.447. The van der Waals surface area contributed by atoms with Crippen molar-refractivity contribution in [2.45, 2.75) is 18.4 Å². The lowest BCUT2D eigenvalue weighted by Gasteiger charge is -2.11. The van der Waals surface area contributed by atoms with Gasteiger partial charge in [0.05, 0.1) is 12.9 Å². The van der Waals surface area contributed by atoms with Crippen LogP contribution < -0.4 is 4.74 Å². The minimum atomic E-state index is -0.316. The van der Waals surface area contributed by atoms with E-state index < -0.39 is 0 Å². The molecule has 27 heavy (non-hydrogen) atoms. The number of ether oxygens (including phenoxy) is 2. The second-order valence-corrected chi connectivity index (χ2v) is 7.09. The number of carbonyl (C=O) groups is 2. The number of carbonyl (C=O) groups excluding carboxylic acids is 2. The number of hydrogen-bond donors (Lipinski definition) is 0. The summed E-state index contributed by atoms with van der Waals surface area (Å²) in [5.41, 5.74) is 1.24. The lowest BCUT2D eigenvalue weighted by Crippen LogP contribution is -2.08. The Hall–Kier alpha value is -2.79. The minimum Gasteiger partial charge on any atom is -0.496 e. The molecular formula is C22H20O4S. The van der Waals surface area contributed by atoms with Crippen LogP contribution in [0.15, 0.2) is 65.6 Å². The van der Waals surface area contributed by atoms with Crippen LogP contribution in [0, 0.1) is 0 Å². The van der Waals surface area contributed by atoms with Crippen LogP contribution in [0.4, 0.5) is 0 Å². The molecular weight excluding hydrogens is 360 g/mol. The average molecular weight is 380 g/mol. The van der Waals surface area contributed by atoms with Crippen molar-refractivity contribution in [2.24, 2.45) is 0 Å². The molecule has 0 atom stereocenters. The summed E-state index contributed by atoms with van der Waals surface area (Å²) in [6.07, 6.45) is 0. The van der Waals surface area contributed by atoms with Crippen LogP contribution in [0.2, 0.25) is 0 Å². The molecule has 0 fully saturated rings. The van der Waals surface area contributed by atoms with Crippen molar-refractivity contribution in [1.82, 2.24) is 0 Å². The lowest BCUT2D eigenvalue weighted by atomic mass is 10.1. The van der Waals surface area contributed by atoms with E-state index in [4.69, 9.17) is 9.47 Å². The minimum absolute atomic E-state index is 0.0444. The average Bonchev–Trinajstić information content (AvgIpc) is 2.70. The fraction of sp³-hybridized carbons (Fsp3) is 0.182. The van der Waals surface area contributed by atoms with Crippen molar-refractivity contribution < 1.29 is 19.1 Å². The number of fused-ring (bicyclic) bond motifs is 1. The molecule has 0 radical (unpaired) electrons. The maximum Gasteiger partial charge on any atom is 0.316 e. The Bertz CT molecular complexity index is 981. The first-order chi connectivity index (χ1) is 13.1. The molecule has 5 heteroatoms. The number of rotatable bonds is 7. The van der Waals surface area contributed by atoms with Crippen molar-refractivity contribution in [3.8, 4) is 5.75 Å². The third-order valence-corrected chi connectivity index (χ3v) is 5.12. The zero-order chi connectivity index (χ0) is 19.2. The highest BCUT2D eigenvalue weighted by atomic mass is 32.2. The maximum atomic E-state index is 12.1. The summed E-state index contributed by atoms with van der Waals surface area (Å²) >= 11 is 1.44. The molecule has 3 aromatic carbocycles. The van der Waals surface area contributed by atoms with Crippen LogP contribution >= 0.6 is 11.8 Å². The van der Waals surface area contributed by atoms with E-state index in [1.54, 1.807) is 25.3 Å². The number of benzene rings is 3. The van der Waals surface area contributed by atoms with Gasteiger partial charge in [-0.25, -0.2) is 0 Å². The summed E-state index contributed by atoms with van der Waals surface area (Å²) in [4.78, 5) is 24.7. The van der Waals surface area contributed by atoms with Gasteiger partial charge in [0.1, 0.15) is 12.4 Å². The van der Waals surface area contributed by atoms with E-state index in [0.29, 0.717) is 16.9 Å². The van der Waals surface area contributed by atoms with E-state index in [1.807, 2.05) is 30.3 Å². The molecule has 3 aromatic rings. The van der Waals surface area contributed by atoms with Gasteiger partial charge in [-0.2, -0.15) is 0 Å². The Labute approximate surface area is 162 Å². The van der Waals surface area contributed by atoms with Crippen LogP contribution in [-0.4, -0.2) is 24.6 Å². The van der Waals surface area contributed by atoms with Crippen LogP contribution in [0.5, 0.6) is 5.75 Å². The Balaban J connectivity index is 1.59. The summed E-state index contributed by atoms with van der Waals surface area (Å²) in [6.45, 7) is 1.57. The molecule has 0 saturated carbocycles. The van der Waals surface area contributed by atoms with Crippen molar-refractivity contribution in [1.29, 1.82) is 0 Å². The molecule has 3 rings (SSSR count). The second-order valence-electron chi connectivity index (χ2n) is 6.04. The van der Waals surface area contributed by atoms with Gasteiger partial charge in [-0.15, -0.1) is 11.8 Å². The SMILES string of the molecule is COc1ccc(C(C)=O)cc1COC(=O)CSc1ccc2ccccc2c1. The second kappa shape index (κ2) is 8.73. The molecule has 0 spiro atoms. The summed E-state index contributed by atoms with van der Waals surface area (Å²) in [5, 5.41) is 2.31. The fourth-order valence-electron chi connectivity index (χ4n) is 2.71. The van der Waals surface area contributed by atoms with Crippen LogP contribution in [0.3, 0.4) is 0 Å². The van der Waals surface area contributed by atoms with Gasteiger partial charge in [-0.3, -0.25) is 9.59 Å². The number of esters is 1. The summed E-state index contributed by atoms with van der Waals surface area (Å²) in [6, 6.07) is 19.3. The Kier molecular flexibility index (Phi) is 6.14. The topological polar surface area (TPSA) is 52.6 Å². The third-order valence-electron chi connectivity index (χ3n) is 4.15. The van der Waals surface area contributed by atoms with Crippen molar-refractivity contribution >= 4 is 34.3 Å². The summed E-state index contributed by atoms with van der Waals surface area (Å²) in [7, 11) is 1.55. The molecule has 0 heterocycles.